The van der Waals surface area contributed by atoms with Crippen molar-refractivity contribution in [2.45, 2.75) is 68.9 Å². The SMILES string of the molecule is CC(F)(F)C(F)(F)F.FC(F)C(F)C(F)(F)F.FC(F)C(F)C(F)F.FCC(F)(F)C(F)(F)F. The maximum Gasteiger partial charge on any atom is 0.456 e. The molecule has 0 saturated carbocycles. The molecule has 0 rings (SSSR count). The molecule has 0 nitrogen and oxygen atoms in total. The van der Waals surface area contributed by atoms with Gasteiger partial charge in [-0.2, -0.15) is 57.1 Å². The summed E-state index contributed by atoms with van der Waals surface area (Å²) in [6, 6.07) is 0. The summed E-state index contributed by atoms with van der Waals surface area (Å²) in [6.07, 6.45) is -35.0. The quantitative estimate of drug-likeness (QED) is 0.297. The summed E-state index contributed by atoms with van der Waals surface area (Å²) in [7, 11) is 0. The van der Waals surface area contributed by atoms with Crippen LogP contribution in [0, 0.1) is 0 Å². The van der Waals surface area contributed by atoms with Gasteiger partial charge in [-0.3, -0.25) is 0 Å². The van der Waals surface area contributed by atoms with Crippen molar-refractivity contribution in [2.75, 3.05) is 6.67 Å². The zero-order chi connectivity index (χ0) is 29.1. The first-order chi connectivity index (χ1) is 14.5. The number of rotatable bonds is 4. The molecule has 0 aromatic rings. The van der Waals surface area contributed by atoms with Crippen molar-refractivity contribution in [3.63, 3.8) is 0 Å². The van der Waals surface area contributed by atoms with E-state index in [2.05, 4.69) is 0 Å². The fourth-order valence-corrected chi connectivity index (χ4v) is 0.329. The second kappa shape index (κ2) is 14.8. The molecule has 0 aliphatic rings. The van der Waals surface area contributed by atoms with Crippen molar-refractivity contribution < 1.29 is 96.6 Å². The summed E-state index contributed by atoms with van der Waals surface area (Å²) in [5, 5.41) is 0. The van der Waals surface area contributed by atoms with Gasteiger partial charge in [-0.15, -0.1) is 0 Å². The molecule has 0 aliphatic heterocycles. The van der Waals surface area contributed by atoms with Crippen LogP contribution in [0.2, 0.25) is 0 Å². The second-order valence-electron chi connectivity index (χ2n) is 5.11. The molecule has 22 heteroatoms. The van der Waals surface area contributed by atoms with Crippen LogP contribution in [-0.2, 0) is 0 Å². The van der Waals surface area contributed by atoms with Gasteiger partial charge in [0.1, 0.15) is 0 Å². The molecule has 0 aliphatic carbocycles. The van der Waals surface area contributed by atoms with Crippen LogP contribution < -0.4 is 0 Å². The Morgan fingerprint density at radius 3 is 0.765 bits per heavy atom. The van der Waals surface area contributed by atoms with Gasteiger partial charge in [0.15, 0.2) is 6.67 Å². The van der Waals surface area contributed by atoms with Gasteiger partial charge in [0, 0.05) is 6.92 Å². The fourth-order valence-electron chi connectivity index (χ4n) is 0.329. The molecular formula is C12H10F22. The number of halogens is 22. The first-order valence-corrected chi connectivity index (χ1v) is 7.11. The van der Waals surface area contributed by atoms with E-state index in [1.54, 1.807) is 0 Å². The highest BCUT2D eigenvalue weighted by atomic mass is 19.4. The van der Waals surface area contributed by atoms with Crippen molar-refractivity contribution in [1.29, 1.82) is 0 Å². The van der Waals surface area contributed by atoms with E-state index in [-0.39, 0.29) is 6.92 Å². The average Bonchev–Trinajstić information content (AvgIpc) is 2.58. The molecule has 0 saturated heterocycles. The Balaban J connectivity index is -0.000000177. The van der Waals surface area contributed by atoms with E-state index in [9.17, 15) is 96.6 Å². The topological polar surface area (TPSA) is 0 Å². The Bertz CT molecular complexity index is 472. The summed E-state index contributed by atoms with van der Waals surface area (Å²) in [6.45, 7) is -2.89. The van der Waals surface area contributed by atoms with Crippen molar-refractivity contribution in [3.8, 4) is 0 Å². The van der Waals surface area contributed by atoms with E-state index in [1.165, 1.54) is 0 Å². The Hall–Kier alpha value is -1.54. The van der Waals surface area contributed by atoms with Crippen molar-refractivity contribution >= 4 is 0 Å². The summed E-state index contributed by atoms with van der Waals surface area (Å²) in [5.74, 6) is -9.75. The molecule has 0 bridgehead atoms. The van der Waals surface area contributed by atoms with Crippen LogP contribution in [-0.4, -0.2) is 68.7 Å². The highest BCUT2D eigenvalue weighted by molar-refractivity contribution is 4.73. The molecule has 0 amide bonds. The fraction of sp³-hybridized carbons (Fsp3) is 1.00. The highest BCUT2D eigenvalue weighted by Crippen LogP contribution is 2.35. The number of alkyl halides is 22. The van der Waals surface area contributed by atoms with Crippen LogP contribution in [0.25, 0.3) is 0 Å². The Labute approximate surface area is 173 Å². The molecule has 0 aromatic heterocycles. The van der Waals surface area contributed by atoms with Crippen molar-refractivity contribution in [2.24, 2.45) is 0 Å². The normalized spacial score (nSPS) is 14.2. The summed E-state index contributed by atoms with van der Waals surface area (Å²) in [4.78, 5) is 0. The lowest BCUT2D eigenvalue weighted by Gasteiger charge is -2.14. The standard InChI is InChI=1S/2C3H2F6.2C3H3F5/c4-1-2(5,6)3(7,8)9;4-1(2(5)6)3(7,8)9;1-2(4,5)3(6,7)8;4-1(2(5)6)3(7)8/h1H2;1-2H;1H3;1-3H. The molecule has 0 spiro atoms. The average molecular weight is 572 g/mol. The second-order valence-corrected chi connectivity index (χ2v) is 5.11. The van der Waals surface area contributed by atoms with Crippen LogP contribution in [0.4, 0.5) is 96.6 Å². The van der Waals surface area contributed by atoms with E-state index in [0.717, 1.165) is 0 Å². The van der Waals surface area contributed by atoms with Gasteiger partial charge in [-0.1, -0.05) is 0 Å². The lowest BCUT2D eigenvalue weighted by atomic mass is 10.4. The zero-order valence-electron chi connectivity index (χ0n) is 15.4. The Morgan fingerprint density at radius 2 is 0.765 bits per heavy atom. The van der Waals surface area contributed by atoms with E-state index >= 15 is 0 Å². The molecule has 1 atom stereocenters. The predicted octanol–water partition coefficient (Wildman–Crippen LogP) is 8.36. The van der Waals surface area contributed by atoms with Crippen LogP contribution in [0.5, 0.6) is 0 Å². The molecule has 0 aromatic carbocycles. The van der Waals surface area contributed by atoms with Crippen LogP contribution in [0.15, 0.2) is 0 Å². The minimum Gasteiger partial charge on any atom is -0.244 e. The van der Waals surface area contributed by atoms with Crippen LogP contribution in [0.1, 0.15) is 6.92 Å². The maximum atomic E-state index is 11.2. The van der Waals surface area contributed by atoms with Gasteiger partial charge >= 0.3 is 30.4 Å². The molecule has 0 radical (unpaired) electrons. The Kier molecular flexibility index (Phi) is 17.2. The third-order valence-corrected chi connectivity index (χ3v) is 2.10. The number of hydrogen-bond donors (Lipinski definition) is 0. The lowest BCUT2D eigenvalue weighted by molar-refractivity contribution is -0.286. The largest absolute Gasteiger partial charge is 0.456 e. The van der Waals surface area contributed by atoms with E-state index in [4.69, 9.17) is 0 Å². The third kappa shape index (κ3) is 18.8. The highest BCUT2D eigenvalue weighted by Gasteiger charge is 2.57. The molecule has 1 unspecified atom stereocenters. The van der Waals surface area contributed by atoms with Crippen molar-refractivity contribution in [1.82, 2.24) is 0 Å². The van der Waals surface area contributed by atoms with Crippen molar-refractivity contribution in [3.05, 3.63) is 0 Å². The van der Waals surface area contributed by atoms with Crippen LogP contribution in [0.3, 0.4) is 0 Å². The van der Waals surface area contributed by atoms with Gasteiger partial charge in [0.25, 0.3) is 25.4 Å². The van der Waals surface area contributed by atoms with E-state index in [0.29, 0.717) is 0 Å². The monoisotopic (exact) mass is 572 g/mol. The first-order valence-electron chi connectivity index (χ1n) is 7.11. The minimum absolute atomic E-state index is 0.188. The minimum atomic E-state index is -5.76. The van der Waals surface area contributed by atoms with Gasteiger partial charge < -0.3 is 0 Å². The molecule has 0 heterocycles. The number of hydrogen-bond acceptors (Lipinski definition) is 0. The first kappa shape index (κ1) is 39.7. The summed E-state index contributed by atoms with van der Waals surface area (Å²) < 4.78 is 240. The maximum absolute atomic E-state index is 11.2. The third-order valence-electron chi connectivity index (χ3n) is 2.10. The molecule has 34 heavy (non-hydrogen) atoms. The smallest absolute Gasteiger partial charge is 0.244 e. The predicted molar refractivity (Wildman–Crippen MR) is 67.5 cm³/mol. The summed E-state index contributed by atoms with van der Waals surface area (Å²) >= 11 is 0. The molecule has 0 N–H and O–H groups in total. The summed E-state index contributed by atoms with van der Waals surface area (Å²) in [5.41, 5.74) is 0. The van der Waals surface area contributed by atoms with E-state index < -0.39 is 68.7 Å². The molecule has 0 fully saturated rings. The van der Waals surface area contributed by atoms with Crippen LogP contribution >= 0.6 is 0 Å². The van der Waals surface area contributed by atoms with Gasteiger partial charge in [-0.05, 0) is 0 Å². The Morgan fingerprint density at radius 1 is 0.500 bits per heavy atom. The van der Waals surface area contributed by atoms with Gasteiger partial charge in [0.2, 0.25) is 6.17 Å². The van der Waals surface area contributed by atoms with E-state index in [1.807, 2.05) is 0 Å². The molecule has 212 valence electrons. The van der Waals surface area contributed by atoms with Gasteiger partial charge in [0.05, 0.1) is 0 Å². The lowest BCUT2D eigenvalue weighted by Crippen LogP contribution is -2.38. The zero-order valence-corrected chi connectivity index (χ0v) is 15.4. The molecular weight excluding hydrogens is 562 g/mol. The van der Waals surface area contributed by atoms with Gasteiger partial charge in [-0.25, -0.2) is 39.5 Å².